The van der Waals surface area contributed by atoms with Gasteiger partial charge in [0.05, 0.1) is 21.2 Å². The van der Waals surface area contributed by atoms with Gasteiger partial charge in [0.2, 0.25) is 0 Å². The summed E-state index contributed by atoms with van der Waals surface area (Å²) >= 11 is 0. The number of rotatable bonds is 6. The fourth-order valence-electron chi connectivity index (χ4n) is 3.70. The Morgan fingerprint density at radius 3 is 2.48 bits per heavy atom. The molecule has 2 atom stereocenters. The molecule has 0 N–H and O–H groups in total. The lowest BCUT2D eigenvalue weighted by molar-refractivity contribution is -0.144. The van der Waals surface area contributed by atoms with Gasteiger partial charge in [-0.3, -0.25) is 9.00 Å². The van der Waals surface area contributed by atoms with E-state index in [0.717, 1.165) is 18.9 Å². The zero-order chi connectivity index (χ0) is 24.1. The maximum atomic E-state index is 13.6. The zero-order valence-electron chi connectivity index (χ0n) is 18.6. The third-order valence-corrected chi connectivity index (χ3v) is 8.80. The highest BCUT2D eigenvalue weighted by atomic mass is 32.2. The van der Waals surface area contributed by atoms with Gasteiger partial charge < -0.3 is 9.13 Å². The van der Waals surface area contributed by atoms with E-state index in [1.807, 2.05) is 6.26 Å². The van der Waals surface area contributed by atoms with Gasteiger partial charge in [-0.25, -0.2) is 14.3 Å². The molecule has 0 spiro atoms. The Morgan fingerprint density at radius 2 is 1.91 bits per heavy atom. The van der Waals surface area contributed by atoms with E-state index in [0.29, 0.717) is 26.3 Å². The van der Waals surface area contributed by atoms with Crippen molar-refractivity contribution in [2.45, 2.75) is 49.6 Å². The number of pyridine rings is 2. The number of aryl methyl sites for hydroxylation is 1. The predicted octanol–water partition coefficient (Wildman–Crippen LogP) is 4.19. The van der Waals surface area contributed by atoms with Gasteiger partial charge in [-0.2, -0.15) is 13.2 Å². The summed E-state index contributed by atoms with van der Waals surface area (Å²) in [4.78, 5) is 22.3. The van der Waals surface area contributed by atoms with E-state index in [1.54, 1.807) is 26.1 Å². The van der Waals surface area contributed by atoms with Crippen LogP contribution >= 0.6 is 0 Å². The molecule has 0 aliphatic heterocycles. The highest BCUT2D eigenvalue weighted by Crippen LogP contribution is 2.33. The van der Waals surface area contributed by atoms with Gasteiger partial charge in [-0.05, 0) is 44.2 Å². The smallest absolute Gasteiger partial charge is 0.321 e. The second-order valence-electron chi connectivity index (χ2n) is 7.77. The average Bonchev–Trinajstić information content (AvgIpc) is 3.56. The highest BCUT2D eigenvalue weighted by molar-refractivity contribution is 7.87. The lowest BCUT2D eigenvalue weighted by Gasteiger charge is -2.14. The van der Waals surface area contributed by atoms with Crippen LogP contribution in [0.15, 0.2) is 32.3 Å². The molecule has 0 amide bonds. The van der Waals surface area contributed by atoms with Crippen molar-refractivity contribution in [1.82, 2.24) is 19.1 Å². The van der Waals surface area contributed by atoms with Crippen LogP contribution in [-0.4, -0.2) is 40.6 Å². The lowest BCUT2D eigenvalue weighted by atomic mass is 10.3. The van der Waals surface area contributed by atoms with E-state index >= 15 is 0 Å². The number of hydrogen-bond donors (Lipinski definition) is 0. The first-order valence-corrected chi connectivity index (χ1v) is 13.5. The van der Waals surface area contributed by atoms with Crippen LogP contribution < -0.4 is 5.56 Å². The standard InChI is InChI=1S/C21H24F3N5O2S2/c1-5-29-15(21(22,23)24)11-13-18(20(29)30)28(3)19(25-13)17-14(33(31)6-2)9-10-16(26-17)27-32(4)12-7-8-12/h9-12H,5-8H2,1-4H3. The van der Waals surface area contributed by atoms with Crippen molar-refractivity contribution in [3.8, 4) is 11.5 Å². The molecule has 7 nitrogen and oxygen atoms in total. The molecule has 3 aromatic rings. The molecular formula is C21H24F3N5O2S2. The summed E-state index contributed by atoms with van der Waals surface area (Å²) < 4.78 is 60.3. The van der Waals surface area contributed by atoms with Crippen molar-refractivity contribution >= 4 is 38.3 Å². The molecule has 0 saturated heterocycles. The van der Waals surface area contributed by atoms with Crippen LogP contribution in [0, 0.1) is 0 Å². The first-order chi connectivity index (χ1) is 15.6. The minimum Gasteiger partial charge on any atom is -0.321 e. The fourth-order valence-corrected chi connectivity index (χ4v) is 5.94. The first-order valence-electron chi connectivity index (χ1n) is 10.5. The molecule has 0 radical (unpaired) electrons. The van der Waals surface area contributed by atoms with Crippen molar-refractivity contribution < 1.29 is 17.4 Å². The largest absolute Gasteiger partial charge is 0.431 e. The monoisotopic (exact) mass is 499 g/mol. The Balaban J connectivity index is 1.98. The van der Waals surface area contributed by atoms with Crippen LogP contribution in [0.4, 0.5) is 19.0 Å². The Morgan fingerprint density at radius 1 is 1.21 bits per heavy atom. The van der Waals surface area contributed by atoms with E-state index in [-0.39, 0.29) is 39.8 Å². The van der Waals surface area contributed by atoms with E-state index in [4.69, 9.17) is 0 Å². The first kappa shape index (κ1) is 23.8. The van der Waals surface area contributed by atoms with Crippen molar-refractivity contribution in [2.75, 3.05) is 12.0 Å². The highest BCUT2D eigenvalue weighted by Gasteiger charge is 2.36. The zero-order valence-corrected chi connectivity index (χ0v) is 20.3. The summed E-state index contributed by atoms with van der Waals surface area (Å²) in [5.41, 5.74) is -1.63. The van der Waals surface area contributed by atoms with Gasteiger partial charge in [0.1, 0.15) is 16.9 Å². The number of hydrogen-bond acceptors (Lipinski definition) is 5. The van der Waals surface area contributed by atoms with E-state index in [1.165, 1.54) is 11.5 Å². The minimum absolute atomic E-state index is 0.0328. The Hall–Kier alpha value is -2.34. The quantitative estimate of drug-likeness (QED) is 0.509. The molecule has 1 aliphatic carbocycles. The summed E-state index contributed by atoms with van der Waals surface area (Å²) in [6, 6.07) is 4.26. The summed E-state index contributed by atoms with van der Waals surface area (Å²) in [6.07, 6.45) is -0.404. The molecule has 0 bridgehead atoms. The minimum atomic E-state index is -4.70. The SMILES string of the molecule is CCn1c(C(F)(F)F)cc2nc(-c3nc(N=S(C)C4CC4)ccc3S(=O)CC)n(C)c2c1=O. The Labute approximate surface area is 193 Å². The van der Waals surface area contributed by atoms with Gasteiger partial charge in [0, 0.05) is 24.6 Å². The topological polar surface area (TPSA) is 82.1 Å². The molecule has 4 rings (SSSR count). The van der Waals surface area contributed by atoms with E-state index in [2.05, 4.69) is 14.3 Å². The van der Waals surface area contributed by atoms with Crippen LogP contribution in [0.1, 0.15) is 32.4 Å². The molecule has 2 unspecified atom stereocenters. The van der Waals surface area contributed by atoms with Crippen molar-refractivity contribution in [1.29, 1.82) is 0 Å². The second kappa shape index (κ2) is 8.79. The molecule has 33 heavy (non-hydrogen) atoms. The van der Waals surface area contributed by atoms with Gasteiger partial charge in [0.25, 0.3) is 5.56 Å². The van der Waals surface area contributed by atoms with Crippen molar-refractivity contribution in [3.63, 3.8) is 0 Å². The number of aromatic nitrogens is 4. The molecule has 3 aromatic heterocycles. The van der Waals surface area contributed by atoms with Gasteiger partial charge in [-0.1, -0.05) is 17.6 Å². The van der Waals surface area contributed by atoms with Crippen molar-refractivity contribution in [3.05, 3.63) is 34.2 Å². The summed E-state index contributed by atoms with van der Waals surface area (Å²) in [5, 5.41) is 0.545. The molecule has 178 valence electrons. The average molecular weight is 500 g/mol. The maximum absolute atomic E-state index is 13.6. The fraction of sp³-hybridized carbons (Fsp3) is 0.476. The molecule has 1 saturated carbocycles. The molecule has 1 fully saturated rings. The van der Waals surface area contributed by atoms with E-state index in [9.17, 15) is 22.2 Å². The number of nitrogens with zero attached hydrogens (tertiary/aromatic N) is 5. The third kappa shape index (κ3) is 4.42. The molecule has 3 heterocycles. The van der Waals surface area contributed by atoms with Gasteiger partial charge >= 0.3 is 6.18 Å². The van der Waals surface area contributed by atoms with Gasteiger partial charge in [-0.15, -0.1) is 0 Å². The van der Waals surface area contributed by atoms with Crippen LogP contribution in [-0.2, 0) is 41.3 Å². The Kier molecular flexibility index (Phi) is 6.34. The summed E-state index contributed by atoms with van der Waals surface area (Å²) in [6.45, 7) is 3.11. The molecule has 1 aliphatic rings. The molecule has 12 heteroatoms. The van der Waals surface area contributed by atoms with Crippen LogP contribution in [0.25, 0.3) is 22.6 Å². The number of alkyl halides is 3. The van der Waals surface area contributed by atoms with Gasteiger partial charge in [0.15, 0.2) is 11.6 Å². The van der Waals surface area contributed by atoms with Crippen molar-refractivity contribution in [2.24, 2.45) is 11.4 Å². The summed E-state index contributed by atoms with van der Waals surface area (Å²) in [7, 11) is -0.0500. The normalized spacial score (nSPS) is 16.5. The third-order valence-electron chi connectivity index (χ3n) is 5.55. The summed E-state index contributed by atoms with van der Waals surface area (Å²) in [5.74, 6) is 0.963. The predicted molar refractivity (Wildman–Crippen MR) is 124 cm³/mol. The Bertz CT molecular complexity index is 1360. The van der Waals surface area contributed by atoms with Crippen LogP contribution in [0.5, 0.6) is 0 Å². The van der Waals surface area contributed by atoms with E-state index < -0.39 is 28.2 Å². The number of fused-ring (bicyclic) bond motifs is 1. The maximum Gasteiger partial charge on any atom is 0.431 e. The number of halogens is 3. The second-order valence-corrected chi connectivity index (χ2v) is 11.4. The van der Waals surface area contributed by atoms with Crippen LogP contribution in [0.3, 0.4) is 0 Å². The molecule has 0 aromatic carbocycles. The molecular weight excluding hydrogens is 475 g/mol. The lowest BCUT2D eigenvalue weighted by Crippen LogP contribution is -2.28. The number of imidazole rings is 1. The van der Waals surface area contributed by atoms with Crippen LogP contribution in [0.2, 0.25) is 0 Å².